The molecular formula is C25H18Cl3N3O3S. The molecule has 0 atom stereocenters. The summed E-state index contributed by atoms with van der Waals surface area (Å²) >= 11 is 19.5. The average Bonchev–Trinajstić information content (AvgIpc) is 3.29. The molecule has 4 aromatic rings. The van der Waals surface area contributed by atoms with E-state index in [0.29, 0.717) is 43.9 Å². The van der Waals surface area contributed by atoms with Crippen LogP contribution < -0.4 is 14.9 Å². The monoisotopic (exact) mass is 545 g/mol. The standard InChI is InChI=1S/C25H18Cl3N3O3S/c1-2-33-23-11-15(3-10-22(23)34-24(32)16-4-6-17(26)7-5-16)13-29-31-25-30-21(14-35-25)19-9-8-18(27)12-20(19)28/h3-14H,2H2,1H3,(H,30,31). The number of carbonyl (C=O) groups excluding carboxylic acids is 1. The SMILES string of the molecule is CCOc1cc(C=NNc2nc(-c3ccc(Cl)cc3Cl)cs2)ccc1OC(=O)c1ccc(Cl)cc1. The number of hydrogen-bond acceptors (Lipinski definition) is 7. The molecule has 0 bridgehead atoms. The maximum absolute atomic E-state index is 12.5. The van der Waals surface area contributed by atoms with E-state index in [2.05, 4.69) is 15.5 Å². The Labute approximate surface area is 221 Å². The molecule has 0 radical (unpaired) electrons. The third kappa shape index (κ3) is 6.52. The molecule has 0 spiro atoms. The fourth-order valence-corrected chi connectivity index (χ4v) is 4.30. The zero-order valence-electron chi connectivity index (χ0n) is 18.3. The first kappa shape index (κ1) is 25.0. The van der Waals surface area contributed by atoms with Crippen LogP contribution in [0.25, 0.3) is 11.3 Å². The van der Waals surface area contributed by atoms with Crippen molar-refractivity contribution in [3.8, 4) is 22.8 Å². The van der Waals surface area contributed by atoms with Gasteiger partial charge in [0, 0.05) is 21.0 Å². The lowest BCUT2D eigenvalue weighted by atomic mass is 10.2. The smallest absolute Gasteiger partial charge is 0.343 e. The molecule has 0 saturated heterocycles. The summed E-state index contributed by atoms with van der Waals surface area (Å²) in [4.78, 5) is 17.0. The zero-order valence-corrected chi connectivity index (χ0v) is 21.4. The Bertz CT molecular complexity index is 1370. The van der Waals surface area contributed by atoms with Gasteiger partial charge in [-0.3, -0.25) is 5.43 Å². The number of carbonyl (C=O) groups is 1. The summed E-state index contributed by atoms with van der Waals surface area (Å²) in [6.07, 6.45) is 1.61. The molecule has 6 nitrogen and oxygen atoms in total. The van der Waals surface area contributed by atoms with Crippen molar-refractivity contribution in [3.05, 3.63) is 92.2 Å². The minimum atomic E-state index is -0.508. The van der Waals surface area contributed by atoms with Crippen molar-refractivity contribution in [2.45, 2.75) is 6.92 Å². The Kier molecular flexibility index (Phi) is 8.25. The topological polar surface area (TPSA) is 72.8 Å². The summed E-state index contributed by atoms with van der Waals surface area (Å²) in [6.45, 7) is 2.25. The lowest BCUT2D eigenvalue weighted by Crippen LogP contribution is -2.09. The van der Waals surface area contributed by atoms with Gasteiger partial charge in [0.05, 0.1) is 29.1 Å². The van der Waals surface area contributed by atoms with Crippen LogP contribution in [0.2, 0.25) is 15.1 Å². The summed E-state index contributed by atoms with van der Waals surface area (Å²) < 4.78 is 11.2. The highest BCUT2D eigenvalue weighted by molar-refractivity contribution is 7.14. The van der Waals surface area contributed by atoms with Crippen LogP contribution in [0.15, 0.2) is 71.1 Å². The number of nitrogens with zero attached hydrogens (tertiary/aromatic N) is 2. The second kappa shape index (κ2) is 11.6. The van der Waals surface area contributed by atoms with Crippen molar-refractivity contribution < 1.29 is 14.3 Å². The Morgan fingerprint density at radius 3 is 2.54 bits per heavy atom. The van der Waals surface area contributed by atoms with Gasteiger partial charge in [-0.15, -0.1) is 11.3 Å². The third-order valence-corrected chi connectivity index (χ3v) is 6.18. The fraction of sp³-hybridized carbons (Fsp3) is 0.0800. The van der Waals surface area contributed by atoms with E-state index >= 15 is 0 Å². The molecule has 1 N–H and O–H groups in total. The number of benzene rings is 3. The summed E-state index contributed by atoms with van der Waals surface area (Å²) in [5, 5.41) is 8.35. The van der Waals surface area contributed by atoms with Crippen molar-refractivity contribution in [1.82, 2.24) is 4.98 Å². The second-order valence-corrected chi connectivity index (χ2v) is 9.21. The molecule has 1 heterocycles. The van der Waals surface area contributed by atoms with E-state index in [-0.39, 0.29) is 0 Å². The summed E-state index contributed by atoms with van der Waals surface area (Å²) in [5.74, 6) is 0.222. The quantitative estimate of drug-likeness (QED) is 0.105. The molecule has 0 aliphatic carbocycles. The first-order valence-corrected chi connectivity index (χ1v) is 12.4. The number of halogens is 3. The van der Waals surface area contributed by atoms with Crippen molar-refractivity contribution >= 4 is 63.5 Å². The summed E-state index contributed by atoms with van der Waals surface area (Å²) in [6, 6.07) is 16.9. The highest BCUT2D eigenvalue weighted by Crippen LogP contribution is 2.32. The van der Waals surface area contributed by atoms with E-state index in [0.717, 1.165) is 16.8 Å². The number of nitrogens with one attached hydrogen (secondary N) is 1. The van der Waals surface area contributed by atoms with Crippen LogP contribution in [0.1, 0.15) is 22.8 Å². The third-order valence-electron chi connectivity index (χ3n) is 4.64. The molecule has 0 unspecified atom stereocenters. The largest absolute Gasteiger partial charge is 0.490 e. The van der Waals surface area contributed by atoms with Crippen LogP contribution in [0.5, 0.6) is 11.5 Å². The predicted octanol–water partition coefficient (Wildman–Crippen LogP) is 7.83. The fourth-order valence-electron chi connectivity index (χ4n) is 3.01. The van der Waals surface area contributed by atoms with Gasteiger partial charge >= 0.3 is 5.97 Å². The maximum atomic E-state index is 12.5. The van der Waals surface area contributed by atoms with Crippen LogP contribution in [-0.2, 0) is 0 Å². The first-order valence-electron chi connectivity index (χ1n) is 10.4. The van der Waals surface area contributed by atoms with E-state index in [1.165, 1.54) is 11.3 Å². The van der Waals surface area contributed by atoms with Gasteiger partial charge in [0.2, 0.25) is 5.13 Å². The first-order chi connectivity index (χ1) is 16.9. The van der Waals surface area contributed by atoms with Crippen LogP contribution in [-0.4, -0.2) is 23.8 Å². The van der Waals surface area contributed by atoms with Gasteiger partial charge in [0.1, 0.15) is 0 Å². The van der Waals surface area contributed by atoms with Crippen molar-refractivity contribution in [2.75, 3.05) is 12.0 Å². The normalized spacial score (nSPS) is 11.0. The number of anilines is 1. The zero-order chi connectivity index (χ0) is 24.8. The molecular weight excluding hydrogens is 529 g/mol. The molecule has 4 rings (SSSR count). The molecule has 0 saturated carbocycles. The summed E-state index contributed by atoms with van der Waals surface area (Å²) in [7, 11) is 0. The number of thiazole rings is 1. The average molecular weight is 547 g/mol. The minimum Gasteiger partial charge on any atom is -0.490 e. The van der Waals surface area contributed by atoms with E-state index in [9.17, 15) is 4.79 Å². The predicted molar refractivity (Wildman–Crippen MR) is 143 cm³/mol. The van der Waals surface area contributed by atoms with Crippen LogP contribution in [0.3, 0.4) is 0 Å². The van der Waals surface area contributed by atoms with Crippen molar-refractivity contribution in [2.24, 2.45) is 5.10 Å². The van der Waals surface area contributed by atoms with Crippen molar-refractivity contribution in [1.29, 1.82) is 0 Å². The molecule has 3 aromatic carbocycles. The molecule has 0 fully saturated rings. The van der Waals surface area contributed by atoms with Gasteiger partial charge in [-0.05, 0) is 73.2 Å². The van der Waals surface area contributed by atoms with Gasteiger partial charge in [-0.2, -0.15) is 5.10 Å². The van der Waals surface area contributed by atoms with Crippen LogP contribution in [0.4, 0.5) is 5.13 Å². The van der Waals surface area contributed by atoms with Gasteiger partial charge in [0.15, 0.2) is 11.5 Å². The second-order valence-electron chi connectivity index (χ2n) is 7.07. The summed E-state index contributed by atoms with van der Waals surface area (Å²) in [5.41, 5.74) is 5.54. The number of hydrogen-bond donors (Lipinski definition) is 1. The number of aromatic nitrogens is 1. The minimum absolute atomic E-state index is 0.307. The van der Waals surface area contributed by atoms with E-state index < -0.39 is 5.97 Å². The van der Waals surface area contributed by atoms with Gasteiger partial charge in [0.25, 0.3) is 0 Å². The van der Waals surface area contributed by atoms with Gasteiger partial charge in [-0.1, -0.05) is 34.8 Å². The molecule has 0 amide bonds. The Hall–Kier alpha value is -3.10. The van der Waals surface area contributed by atoms with Crippen LogP contribution >= 0.6 is 46.1 Å². The molecule has 0 aliphatic heterocycles. The Morgan fingerprint density at radius 2 is 1.80 bits per heavy atom. The number of ether oxygens (including phenoxy) is 2. The Balaban J connectivity index is 1.44. The van der Waals surface area contributed by atoms with E-state index in [1.54, 1.807) is 60.8 Å². The van der Waals surface area contributed by atoms with Crippen molar-refractivity contribution in [3.63, 3.8) is 0 Å². The van der Waals surface area contributed by atoms with E-state index in [1.807, 2.05) is 18.4 Å². The highest BCUT2D eigenvalue weighted by Gasteiger charge is 2.13. The molecule has 10 heteroatoms. The molecule has 35 heavy (non-hydrogen) atoms. The lowest BCUT2D eigenvalue weighted by Gasteiger charge is -2.11. The lowest BCUT2D eigenvalue weighted by molar-refractivity contribution is 0.0728. The number of hydrazone groups is 1. The molecule has 178 valence electrons. The van der Waals surface area contributed by atoms with Crippen LogP contribution in [0, 0.1) is 0 Å². The van der Waals surface area contributed by atoms with E-state index in [4.69, 9.17) is 44.3 Å². The highest BCUT2D eigenvalue weighted by atomic mass is 35.5. The number of rotatable bonds is 8. The Morgan fingerprint density at radius 1 is 1.03 bits per heavy atom. The number of esters is 1. The maximum Gasteiger partial charge on any atom is 0.343 e. The van der Waals surface area contributed by atoms with Gasteiger partial charge < -0.3 is 9.47 Å². The van der Waals surface area contributed by atoms with Gasteiger partial charge in [-0.25, -0.2) is 9.78 Å². The molecule has 1 aromatic heterocycles. The molecule has 0 aliphatic rings.